The molecule has 6 heteroatoms. The van der Waals surface area contributed by atoms with Gasteiger partial charge in [-0.3, -0.25) is 0 Å². The number of rotatable bonds is 3. The van der Waals surface area contributed by atoms with Crippen molar-refractivity contribution in [3.05, 3.63) is 45.8 Å². The summed E-state index contributed by atoms with van der Waals surface area (Å²) in [6.07, 6.45) is -1.32. The van der Waals surface area contributed by atoms with Crippen LogP contribution in [-0.2, 0) is 0 Å². The van der Waals surface area contributed by atoms with Gasteiger partial charge in [-0.05, 0) is 11.6 Å². The Balaban J connectivity index is 2.94. The molecule has 74 valence electrons. The van der Waals surface area contributed by atoms with Crippen LogP contribution in [0.4, 0.5) is 8.78 Å². The third-order valence-electron chi connectivity index (χ3n) is 1.66. The first-order valence-corrected chi connectivity index (χ1v) is 3.79. The molecule has 0 aliphatic heterocycles. The first-order chi connectivity index (χ1) is 6.66. The van der Waals surface area contributed by atoms with E-state index in [0.29, 0.717) is 0 Å². The molecule has 0 amide bonds. The van der Waals surface area contributed by atoms with Crippen LogP contribution in [0.5, 0.6) is 0 Å². The average Bonchev–Trinajstić information content (AvgIpc) is 2.18. The molecule has 1 aromatic rings. The molecule has 0 aliphatic carbocycles. The fourth-order valence-electron chi connectivity index (χ4n) is 0.990. The van der Waals surface area contributed by atoms with Crippen molar-refractivity contribution in [1.29, 1.82) is 0 Å². The molecule has 0 saturated carbocycles. The Labute approximate surface area is 78.4 Å². The molecule has 0 aliphatic rings. The number of halogens is 2. The monoisotopic (exact) mass is 199 g/mol. The summed E-state index contributed by atoms with van der Waals surface area (Å²) in [4.78, 5) is 2.40. The summed E-state index contributed by atoms with van der Waals surface area (Å²) in [5.41, 5.74) is 7.75. The Hall–Kier alpha value is -1.65. The summed E-state index contributed by atoms with van der Waals surface area (Å²) in [6.45, 7) is -0.323. The predicted molar refractivity (Wildman–Crippen MR) is 45.3 cm³/mol. The van der Waals surface area contributed by atoms with Crippen molar-refractivity contribution < 1.29 is 13.9 Å². The van der Waals surface area contributed by atoms with E-state index in [-0.39, 0.29) is 12.1 Å². The number of azide groups is 1. The van der Waals surface area contributed by atoms with Crippen molar-refractivity contribution in [2.75, 3.05) is 6.54 Å². The zero-order chi connectivity index (χ0) is 10.6. The number of hydrogen-bond acceptors (Lipinski definition) is 2. The van der Waals surface area contributed by atoms with E-state index in [1.807, 2.05) is 0 Å². The summed E-state index contributed by atoms with van der Waals surface area (Å²) < 4.78 is 25.7. The van der Waals surface area contributed by atoms with E-state index in [2.05, 4.69) is 10.0 Å². The number of benzene rings is 1. The molecular formula is C8H7F2N3O. The van der Waals surface area contributed by atoms with E-state index in [1.165, 1.54) is 12.1 Å². The lowest BCUT2D eigenvalue weighted by molar-refractivity contribution is 0.180. The highest BCUT2D eigenvalue weighted by atomic mass is 19.2. The van der Waals surface area contributed by atoms with Crippen LogP contribution in [0.2, 0.25) is 0 Å². The minimum atomic E-state index is -1.32. The van der Waals surface area contributed by atoms with Crippen LogP contribution in [0.1, 0.15) is 11.7 Å². The fourth-order valence-corrected chi connectivity index (χ4v) is 0.990. The van der Waals surface area contributed by atoms with Gasteiger partial charge in [0.05, 0.1) is 12.6 Å². The summed E-state index contributed by atoms with van der Waals surface area (Å²) in [5, 5.41) is 12.3. The van der Waals surface area contributed by atoms with Crippen molar-refractivity contribution in [3.63, 3.8) is 0 Å². The van der Waals surface area contributed by atoms with Crippen LogP contribution in [0, 0.1) is 11.6 Å². The van der Waals surface area contributed by atoms with Gasteiger partial charge < -0.3 is 5.11 Å². The van der Waals surface area contributed by atoms with E-state index in [1.54, 1.807) is 0 Å². The maximum absolute atomic E-state index is 13.0. The maximum Gasteiger partial charge on any atom is 0.164 e. The summed E-state index contributed by atoms with van der Waals surface area (Å²) in [6, 6.07) is 3.45. The molecule has 1 aromatic carbocycles. The second-order valence-corrected chi connectivity index (χ2v) is 2.57. The van der Waals surface area contributed by atoms with Gasteiger partial charge >= 0.3 is 0 Å². The Morgan fingerprint density at radius 2 is 2.21 bits per heavy atom. The second-order valence-electron chi connectivity index (χ2n) is 2.57. The van der Waals surface area contributed by atoms with E-state index < -0.39 is 17.7 Å². The third kappa shape index (κ3) is 2.18. The maximum atomic E-state index is 13.0. The minimum Gasteiger partial charge on any atom is -0.388 e. The molecular weight excluding hydrogens is 192 g/mol. The predicted octanol–water partition coefficient (Wildman–Crippen LogP) is 2.31. The van der Waals surface area contributed by atoms with Crippen molar-refractivity contribution in [2.24, 2.45) is 5.11 Å². The highest BCUT2D eigenvalue weighted by Crippen LogP contribution is 2.19. The first kappa shape index (κ1) is 10.4. The van der Waals surface area contributed by atoms with Crippen LogP contribution < -0.4 is 0 Å². The molecule has 0 saturated heterocycles. The Morgan fingerprint density at radius 3 is 2.86 bits per heavy atom. The van der Waals surface area contributed by atoms with E-state index in [4.69, 9.17) is 5.53 Å². The lowest BCUT2D eigenvalue weighted by Crippen LogP contribution is -2.05. The van der Waals surface area contributed by atoms with Gasteiger partial charge in [-0.2, -0.15) is 0 Å². The molecule has 0 bridgehead atoms. The van der Waals surface area contributed by atoms with Crippen molar-refractivity contribution in [1.82, 2.24) is 0 Å². The molecule has 0 radical (unpaired) electrons. The van der Waals surface area contributed by atoms with Gasteiger partial charge in [-0.15, -0.1) is 0 Å². The molecule has 0 fully saturated rings. The number of nitrogens with zero attached hydrogens (tertiary/aromatic N) is 3. The molecule has 0 aromatic heterocycles. The van der Waals surface area contributed by atoms with Gasteiger partial charge in [0.25, 0.3) is 0 Å². The summed E-state index contributed by atoms with van der Waals surface area (Å²) >= 11 is 0. The van der Waals surface area contributed by atoms with Crippen molar-refractivity contribution >= 4 is 0 Å². The molecule has 1 atom stereocenters. The Morgan fingerprint density at radius 1 is 1.50 bits per heavy atom. The number of hydrogen-bond donors (Lipinski definition) is 1. The van der Waals surface area contributed by atoms with Gasteiger partial charge in [-0.1, -0.05) is 17.2 Å². The van der Waals surface area contributed by atoms with E-state index >= 15 is 0 Å². The third-order valence-corrected chi connectivity index (χ3v) is 1.66. The van der Waals surface area contributed by atoms with Crippen LogP contribution in [-0.4, -0.2) is 11.7 Å². The van der Waals surface area contributed by atoms with Crippen molar-refractivity contribution in [2.45, 2.75) is 6.10 Å². The number of aliphatic hydroxyl groups excluding tert-OH is 1. The van der Waals surface area contributed by atoms with E-state index in [9.17, 15) is 13.9 Å². The van der Waals surface area contributed by atoms with Gasteiger partial charge in [0, 0.05) is 10.5 Å². The van der Waals surface area contributed by atoms with Gasteiger partial charge in [-0.25, -0.2) is 8.78 Å². The van der Waals surface area contributed by atoms with Crippen LogP contribution in [0.25, 0.3) is 10.4 Å². The minimum absolute atomic E-state index is 0.211. The lowest BCUT2D eigenvalue weighted by atomic mass is 10.1. The SMILES string of the molecule is [N-]=[N+]=NC[C@@H](O)c1cccc(F)c1F. The molecule has 1 rings (SSSR count). The van der Waals surface area contributed by atoms with Gasteiger partial charge in [0.2, 0.25) is 0 Å². The normalized spacial score (nSPS) is 11.9. The van der Waals surface area contributed by atoms with Crippen LogP contribution in [0.15, 0.2) is 23.3 Å². The topological polar surface area (TPSA) is 69.0 Å². The Bertz CT molecular complexity index is 377. The van der Waals surface area contributed by atoms with Crippen LogP contribution in [0.3, 0.4) is 0 Å². The average molecular weight is 199 g/mol. The quantitative estimate of drug-likeness (QED) is 0.453. The van der Waals surface area contributed by atoms with E-state index in [0.717, 1.165) is 6.07 Å². The second kappa shape index (κ2) is 4.55. The zero-order valence-corrected chi connectivity index (χ0v) is 7.06. The highest BCUT2D eigenvalue weighted by Gasteiger charge is 2.14. The highest BCUT2D eigenvalue weighted by molar-refractivity contribution is 5.21. The van der Waals surface area contributed by atoms with Crippen LogP contribution >= 0.6 is 0 Å². The molecule has 4 nitrogen and oxygen atoms in total. The molecule has 14 heavy (non-hydrogen) atoms. The molecule has 0 spiro atoms. The summed E-state index contributed by atoms with van der Waals surface area (Å²) in [5.74, 6) is -2.16. The fraction of sp³-hybridized carbons (Fsp3) is 0.250. The molecule has 1 N–H and O–H groups in total. The molecule has 0 unspecified atom stereocenters. The van der Waals surface area contributed by atoms with Crippen molar-refractivity contribution in [3.8, 4) is 0 Å². The first-order valence-electron chi connectivity index (χ1n) is 3.79. The van der Waals surface area contributed by atoms with Gasteiger partial charge in [0.1, 0.15) is 0 Å². The smallest absolute Gasteiger partial charge is 0.164 e. The lowest BCUT2D eigenvalue weighted by Gasteiger charge is -2.08. The number of aliphatic hydroxyl groups is 1. The standard InChI is InChI=1S/C8H7F2N3O/c9-6-3-1-2-5(8(6)10)7(14)4-12-13-11/h1-3,7,14H,4H2/t7-/m1/s1. The molecule has 0 heterocycles. The van der Waals surface area contributed by atoms with Gasteiger partial charge in [0.15, 0.2) is 11.6 Å². The Kier molecular flexibility index (Phi) is 3.39. The summed E-state index contributed by atoms with van der Waals surface area (Å²) in [7, 11) is 0. The zero-order valence-electron chi connectivity index (χ0n) is 7.06. The largest absolute Gasteiger partial charge is 0.388 e.